The highest BCUT2D eigenvalue weighted by Gasteiger charge is 2.16. The van der Waals surface area contributed by atoms with E-state index in [4.69, 9.17) is 5.14 Å². The molecule has 112 valence electrons. The lowest BCUT2D eigenvalue weighted by molar-refractivity contribution is 0.371. The van der Waals surface area contributed by atoms with Crippen LogP contribution in [-0.2, 0) is 10.0 Å². The third kappa shape index (κ3) is 4.47. The predicted octanol–water partition coefficient (Wildman–Crippen LogP) is 1.67. The monoisotopic (exact) mass is 297 g/mol. The maximum Gasteiger partial charge on any atom is 0.238 e. The Morgan fingerprint density at radius 3 is 2.90 bits per heavy atom. The van der Waals surface area contributed by atoms with Gasteiger partial charge in [0.1, 0.15) is 0 Å². The summed E-state index contributed by atoms with van der Waals surface area (Å²) in [6.07, 6.45) is 4.78. The number of hydrogen-bond donors (Lipinski definition) is 3. The molecule has 0 aliphatic carbocycles. The fourth-order valence-corrected chi connectivity index (χ4v) is 3.22. The first-order valence-electron chi connectivity index (χ1n) is 7.08. The van der Waals surface area contributed by atoms with Crippen molar-refractivity contribution in [1.82, 2.24) is 5.32 Å². The summed E-state index contributed by atoms with van der Waals surface area (Å²) in [6, 6.07) is 7.48. The molecule has 0 amide bonds. The van der Waals surface area contributed by atoms with Crippen molar-refractivity contribution in [2.24, 2.45) is 5.14 Å². The van der Waals surface area contributed by atoms with Crippen LogP contribution in [0, 0.1) is 0 Å². The van der Waals surface area contributed by atoms with Crippen LogP contribution in [0.25, 0.3) is 0 Å². The zero-order valence-corrected chi connectivity index (χ0v) is 12.6. The van der Waals surface area contributed by atoms with Gasteiger partial charge < -0.3 is 10.6 Å². The summed E-state index contributed by atoms with van der Waals surface area (Å²) < 4.78 is 22.7. The average Bonchev–Trinajstić information content (AvgIpc) is 2.39. The largest absolute Gasteiger partial charge is 0.382 e. The zero-order chi connectivity index (χ0) is 14.6. The average molecular weight is 297 g/mol. The molecular weight excluding hydrogens is 274 g/mol. The molecule has 1 aromatic carbocycles. The second-order valence-corrected chi connectivity index (χ2v) is 7.06. The summed E-state index contributed by atoms with van der Waals surface area (Å²) >= 11 is 0. The Morgan fingerprint density at radius 2 is 2.25 bits per heavy atom. The lowest BCUT2D eigenvalue weighted by Crippen LogP contribution is -2.37. The van der Waals surface area contributed by atoms with Crippen LogP contribution < -0.4 is 15.8 Å². The van der Waals surface area contributed by atoms with Gasteiger partial charge in [0.05, 0.1) is 4.90 Å². The number of nitrogens with one attached hydrogen (secondary N) is 2. The third-order valence-corrected chi connectivity index (χ3v) is 4.54. The Bertz CT molecular complexity index is 539. The van der Waals surface area contributed by atoms with E-state index in [-0.39, 0.29) is 10.9 Å². The maximum atomic E-state index is 11.3. The molecule has 5 nitrogen and oxygen atoms in total. The van der Waals surface area contributed by atoms with Gasteiger partial charge in [-0.15, -0.1) is 0 Å². The molecule has 1 saturated heterocycles. The van der Waals surface area contributed by atoms with Gasteiger partial charge in [0.2, 0.25) is 10.0 Å². The second kappa shape index (κ2) is 6.56. The number of sulfonamides is 1. The molecule has 20 heavy (non-hydrogen) atoms. The van der Waals surface area contributed by atoms with Crippen molar-refractivity contribution >= 4 is 15.7 Å². The van der Waals surface area contributed by atoms with Crippen LogP contribution in [0.5, 0.6) is 0 Å². The molecule has 0 radical (unpaired) electrons. The van der Waals surface area contributed by atoms with E-state index in [0.717, 1.165) is 18.7 Å². The molecule has 1 aliphatic heterocycles. The number of anilines is 1. The highest BCUT2D eigenvalue weighted by Crippen LogP contribution is 2.18. The summed E-state index contributed by atoms with van der Waals surface area (Å²) in [5.74, 6) is 0. The number of benzene rings is 1. The summed E-state index contributed by atoms with van der Waals surface area (Å²) in [5.41, 5.74) is 0.792. The minimum Gasteiger partial charge on any atom is -0.382 e. The standard InChI is InChI=1S/C14H23N3O2S/c1-11(9-12-5-2-3-8-16-12)17-13-6-4-7-14(10-13)20(15,18)19/h4,6-7,10-12,16-17H,2-3,5,8-9H2,1H3,(H2,15,18,19). The van der Waals surface area contributed by atoms with Crippen LogP contribution in [0.1, 0.15) is 32.6 Å². The van der Waals surface area contributed by atoms with Gasteiger partial charge in [-0.2, -0.15) is 0 Å². The highest BCUT2D eigenvalue weighted by atomic mass is 32.2. The first-order valence-corrected chi connectivity index (χ1v) is 8.62. The van der Waals surface area contributed by atoms with Crippen molar-refractivity contribution < 1.29 is 8.42 Å². The first kappa shape index (κ1) is 15.3. The number of piperidine rings is 1. The Labute approximate surface area is 121 Å². The zero-order valence-electron chi connectivity index (χ0n) is 11.8. The molecule has 1 aliphatic rings. The minimum atomic E-state index is -3.64. The van der Waals surface area contributed by atoms with Gasteiger partial charge >= 0.3 is 0 Å². The summed E-state index contributed by atoms with van der Waals surface area (Å²) in [7, 11) is -3.64. The van der Waals surface area contributed by atoms with Crippen molar-refractivity contribution in [3.05, 3.63) is 24.3 Å². The second-order valence-electron chi connectivity index (χ2n) is 5.50. The van der Waals surface area contributed by atoms with Gasteiger partial charge in [0, 0.05) is 17.8 Å². The molecule has 2 unspecified atom stereocenters. The number of rotatable bonds is 5. The van der Waals surface area contributed by atoms with Crippen molar-refractivity contribution in [1.29, 1.82) is 0 Å². The van der Waals surface area contributed by atoms with Gasteiger partial charge in [0.15, 0.2) is 0 Å². The third-order valence-electron chi connectivity index (χ3n) is 3.63. The molecule has 4 N–H and O–H groups in total. The summed E-state index contributed by atoms with van der Waals surface area (Å²) in [4.78, 5) is 0.144. The summed E-state index contributed by atoms with van der Waals surface area (Å²) in [5, 5.41) is 12.0. The normalized spacial score (nSPS) is 21.4. The van der Waals surface area contributed by atoms with E-state index in [9.17, 15) is 8.42 Å². The Balaban J connectivity index is 1.95. The Kier molecular flexibility index (Phi) is 5.01. The lowest BCUT2D eigenvalue weighted by Gasteiger charge is -2.27. The van der Waals surface area contributed by atoms with Crippen LogP contribution in [0.15, 0.2) is 29.2 Å². The number of primary sulfonamides is 1. The lowest BCUT2D eigenvalue weighted by atomic mass is 9.99. The van der Waals surface area contributed by atoms with E-state index < -0.39 is 10.0 Å². The molecule has 6 heteroatoms. The maximum absolute atomic E-state index is 11.3. The van der Waals surface area contributed by atoms with E-state index >= 15 is 0 Å². The van der Waals surface area contributed by atoms with E-state index in [1.165, 1.54) is 25.3 Å². The molecule has 0 aromatic heterocycles. The van der Waals surface area contributed by atoms with Crippen molar-refractivity contribution in [2.45, 2.75) is 49.6 Å². The van der Waals surface area contributed by atoms with Crippen LogP contribution in [0.3, 0.4) is 0 Å². The minimum absolute atomic E-state index is 0.144. The van der Waals surface area contributed by atoms with E-state index in [2.05, 4.69) is 17.6 Å². The Morgan fingerprint density at radius 1 is 1.45 bits per heavy atom. The molecule has 2 rings (SSSR count). The van der Waals surface area contributed by atoms with Gasteiger partial charge in [-0.05, 0) is 50.9 Å². The molecule has 1 fully saturated rings. The van der Waals surface area contributed by atoms with Gasteiger partial charge in [-0.3, -0.25) is 0 Å². The quantitative estimate of drug-likeness (QED) is 0.772. The molecule has 0 saturated carbocycles. The fourth-order valence-electron chi connectivity index (χ4n) is 2.66. The van der Waals surface area contributed by atoms with Crippen LogP contribution >= 0.6 is 0 Å². The Hall–Kier alpha value is -1.11. The smallest absolute Gasteiger partial charge is 0.238 e. The molecular formula is C14H23N3O2S. The SMILES string of the molecule is CC(CC1CCCCN1)Nc1cccc(S(N)(=O)=O)c1. The van der Waals surface area contributed by atoms with Crippen molar-refractivity contribution in [2.75, 3.05) is 11.9 Å². The summed E-state index contributed by atoms with van der Waals surface area (Å²) in [6.45, 7) is 3.21. The molecule has 0 bridgehead atoms. The highest BCUT2D eigenvalue weighted by molar-refractivity contribution is 7.89. The van der Waals surface area contributed by atoms with Crippen LogP contribution in [0.4, 0.5) is 5.69 Å². The topological polar surface area (TPSA) is 84.2 Å². The molecule has 1 aromatic rings. The number of nitrogens with two attached hydrogens (primary N) is 1. The number of hydrogen-bond acceptors (Lipinski definition) is 4. The van der Waals surface area contributed by atoms with Crippen molar-refractivity contribution in [3.8, 4) is 0 Å². The van der Waals surface area contributed by atoms with Gasteiger partial charge in [0.25, 0.3) is 0 Å². The van der Waals surface area contributed by atoms with E-state index in [1.54, 1.807) is 12.1 Å². The first-order chi connectivity index (χ1) is 9.45. The van der Waals surface area contributed by atoms with Gasteiger partial charge in [-0.1, -0.05) is 12.5 Å². The van der Waals surface area contributed by atoms with Crippen LogP contribution in [0.2, 0.25) is 0 Å². The molecule has 0 spiro atoms. The predicted molar refractivity (Wildman–Crippen MR) is 81.2 cm³/mol. The van der Waals surface area contributed by atoms with Crippen molar-refractivity contribution in [3.63, 3.8) is 0 Å². The van der Waals surface area contributed by atoms with E-state index in [1.807, 2.05) is 6.07 Å². The molecule has 1 heterocycles. The fraction of sp³-hybridized carbons (Fsp3) is 0.571. The molecule has 2 atom stereocenters. The van der Waals surface area contributed by atoms with Crippen LogP contribution in [-0.4, -0.2) is 27.0 Å². The van der Waals surface area contributed by atoms with Gasteiger partial charge in [-0.25, -0.2) is 13.6 Å². The van der Waals surface area contributed by atoms with E-state index in [0.29, 0.717) is 6.04 Å².